The van der Waals surface area contributed by atoms with E-state index < -0.39 is 12.0 Å². The van der Waals surface area contributed by atoms with Gasteiger partial charge < -0.3 is 20.5 Å². The Morgan fingerprint density at radius 1 is 1.44 bits per heavy atom. The van der Waals surface area contributed by atoms with Crippen molar-refractivity contribution in [3.63, 3.8) is 0 Å². The average Bonchev–Trinajstić information content (AvgIpc) is 2.29. The Hall–Kier alpha value is -0.790. The van der Waals surface area contributed by atoms with Gasteiger partial charge in [0.2, 0.25) is 5.91 Å². The Kier molecular flexibility index (Phi) is 5.58. The molecule has 0 radical (unpaired) electrons. The fraction of sp³-hybridized carbons (Fsp3) is 0.778. The first kappa shape index (κ1) is 13.3. The number of carbonyl (C=O) groups excluding carboxylic acids is 1. The van der Waals surface area contributed by atoms with Gasteiger partial charge in [0.1, 0.15) is 6.04 Å². The van der Waals surface area contributed by atoms with Crippen LogP contribution in [0.15, 0.2) is 0 Å². The molecule has 7 heteroatoms. The van der Waals surface area contributed by atoms with Gasteiger partial charge in [0.25, 0.3) is 0 Å². The molecule has 1 rings (SSSR count). The summed E-state index contributed by atoms with van der Waals surface area (Å²) in [5.41, 5.74) is 5.32. The van der Waals surface area contributed by atoms with Crippen LogP contribution in [0.1, 0.15) is 0 Å². The Balaban J connectivity index is 2.16. The standard InChI is InChI=1S/C9H16N2O4S/c10-7(9(13)14)5-16-6-8(12)11-1-3-15-4-2-11/h7H,1-6,10H2,(H,13,14). The second kappa shape index (κ2) is 6.72. The number of nitrogens with zero attached hydrogens (tertiary/aromatic N) is 1. The van der Waals surface area contributed by atoms with Gasteiger partial charge in [-0.3, -0.25) is 9.59 Å². The molecular weight excluding hydrogens is 232 g/mol. The van der Waals surface area contributed by atoms with Crippen LogP contribution in [0.2, 0.25) is 0 Å². The highest BCUT2D eigenvalue weighted by molar-refractivity contribution is 8.00. The van der Waals surface area contributed by atoms with Crippen molar-refractivity contribution >= 4 is 23.6 Å². The van der Waals surface area contributed by atoms with Crippen LogP contribution in [-0.2, 0) is 14.3 Å². The van der Waals surface area contributed by atoms with Crippen LogP contribution in [0, 0.1) is 0 Å². The first-order valence-electron chi connectivity index (χ1n) is 5.03. The topological polar surface area (TPSA) is 92.9 Å². The van der Waals surface area contributed by atoms with E-state index in [1.165, 1.54) is 11.8 Å². The van der Waals surface area contributed by atoms with Gasteiger partial charge in [0.15, 0.2) is 0 Å². The van der Waals surface area contributed by atoms with Gasteiger partial charge in [-0.15, -0.1) is 11.8 Å². The van der Waals surface area contributed by atoms with Crippen LogP contribution < -0.4 is 5.73 Å². The molecule has 1 atom stereocenters. The van der Waals surface area contributed by atoms with E-state index in [0.29, 0.717) is 26.3 Å². The molecule has 1 fully saturated rings. The smallest absolute Gasteiger partial charge is 0.321 e. The molecule has 0 aromatic heterocycles. The number of carboxylic acids is 1. The number of aliphatic carboxylic acids is 1. The van der Waals surface area contributed by atoms with Crippen molar-refractivity contribution in [3.8, 4) is 0 Å². The van der Waals surface area contributed by atoms with Crippen LogP contribution in [0.4, 0.5) is 0 Å². The molecule has 6 nitrogen and oxygen atoms in total. The lowest BCUT2D eigenvalue weighted by Crippen LogP contribution is -2.42. The Bertz CT molecular complexity index is 256. The summed E-state index contributed by atoms with van der Waals surface area (Å²) in [6.45, 7) is 2.38. The summed E-state index contributed by atoms with van der Waals surface area (Å²) in [7, 11) is 0. The molecule has 92 valence electrons. The van der Waals surface area contributed by atoms with E-state index in [4.69, 9.17) is 15.6 Å². The van der Waals surface area contributed by atoms with Gasteiger partial charge in [-0.1, -0.05) is 0 Å². The molecule has 1 amide bonds. The van der Waals surface area contributed by atoms with Crippen LogP contribution in [-0.4, -0.2) is 65.7 Å². The quantitative estimate of drug-likeness (QED) is 0.647. The molecule has 1 aliphatic heterocycles. The first-order valence-corrected chi connectivity index (χ1v) is 6.18. The van der Waals surface area contributed by atoms with Gasteiger partial charge in [-0.05, 0) is 0 Å². The lowest BCUT2D eigenvalue weighted by molar-refractivity contribution is -0.138. The minimum absolute atomic E-state index is 0.0193. The van der Waals surface area contributed by atoms with Gasteiger partial charge in [-0.2, -0.15) is 0 Å². The monoisotopic (exact) mass is 248 g/mol. The van der Waals surface area contributed by atoms with Crippen molar-refractivity contribution in [1.82, 2.24) is 4.90 Å². The number of carboxylic acid groups (broad SMARTS) is 1. The fourth-order valence-corrected chi connectivity index (χ4v) is 2.12. The summed E-state index contributed by atoms with van der Waals surface area (Å²) in [6, 6.07) is -0.900. The fourth-order valence-electron chi connectivity index (χ4n) is 1.25. The summed E-state index contributed by atoms with van der Waals surface area (Å²) in [4.78, 5) is 23.8. The second-order valence-electron chi connectivity index (χ2n) is 3.45. The number of thioether (sulfide) groups is 1. The molecule has 0 saturated carbocycles. The van der Waals surface area contributed by atoms with Crippen molar-refractivity contribution in [3.05, 3.63) is 0 Å². The second-order valence-corrected chi connectivity index (χ2v) is 4.48. The summed E-state index contributed by atoms with van der Waals surface area (Å²) in [6.07, 6.45) is 0. The number of hydrogen-bond donors (Lipinski definition) is 2. The zero-order chi connectivity index (χ0) is 12.0. The van der Waals surface area contributed by atoms with E-state index in [1.807, 2.05) is 0 Å². The van der Waals surface area contributed by atoms with E-state index in [2.05, 4.69) is 0 Å². The number of rotatable bonds is 5. The highest BCUT2D eigenvalue weighted by Gasteiger charge is 2.18. The molecule has 0 aromatic rings. The van der Waals surface area contributed by atoms with Crippen LogP contribution in [0.5, 0.6) is 0 Å². The number of nitrogens with two attached hydrogens (primary N) is 1. The largest absolute Gasteiger partial charge is 0.480 e. The van der Waals surface area contributed by atoms with E-state index in [0.717, 1.165) is 0 Å². The first-order chi connectivity index (χ1) is 7.61. The van der Waals surface area contributed by atoms with E-state index in [1.54, 1.807) is 4.90 Å². The third kappa shape index (κ3) is 4.38. The molecule has 0 spiro atoms. The highest BCUT2D eigenvalue weighted by Crippen LogP contribution is 2.06. The third-order valence-corrected chi connectivity index (χ3v) is 3.25. The molecule has 1 unspecified atom stereocenters. The maximum Gasteiger partial charge on any atom is 0.321 e. The molecule has 0 aliphatic carbocycles. The highest BCUT2D eigenvalue weighted by atomic mass is 32.2. The average molecular weight is 248 g/mol. The molecular formula is C9H16N2O4S. The summed E-state index contributed by atoms with van der Waals surface area (Å²) in [5.74, 6) is -0.482. The van der Waals surface area contributed by atoms with Gasteiger partial charge >= 0.3 is 5.97 Å². The van der Waals surface area contributed by atoms with Gasteiger partial charge in [0, 0.05) is 18.8 Å². The number of amides is 1. The van der Waals surface area contributed by atoms with E-state index >= 15 is 0 Å². The van der Waals surface area contributed by atoms with Crippen molar-refractivity contribution in [2.45, 2.75) is 6.04 Å². The van der Waals surface area contributed by atoms with Gasteiger partial charge in [0.05, 0.1) is 19.0 Å². The molecule has 0 aromatic carbocycles. The van der Waals surface area contributed by atoms with Crippen molar-refractivity contribution < 1.29 is 19.4 Å². The Labute approximate surface area is 98.1 Å². The number of morpholine rings is 1. The predicted molar refractivity (Wildman–Crippen MR) is 60.3 cm³/mol. The molecule has 1 saturated heterocycles. The Morgan fingerprint density at radius 3 is 2.62 bits per heavy atom. The number of ether oxygens (including phenoxy) is 1. The molecule has 16 heavy (non-hydrogen) atoms. The van der Waals surface area contributed by atoms with Crippen molar-refractivity contribution in [2.24, 2.45) is 5.73 Å². The minimum Gasteiger partial charge on any atom is -0.480 e. The van der Waals surface area contributed by atoms with Crippen LogP contribution in [0.25, 0.3) is 0 Å². The number of hydrogen-bond acceptors (Lipinski definition) is 5. The Morgan fingerprint density at radius 2 is 2.06 bits per heavy atom. The van der Waals surface area contributed by atoms with Crippen molar-refractivity contribution in [2.75, 3.05) is 37.8 Å². The summed E-state index contributed by atoms with van der Waals surface area (Å²) >= 11 is 1.25. The summed E-state index contributed by atoms with van der Waals surface area (Å²) < 4.78 is 5.13. The summed E-state index contributed by atoms with van der Waals surface area (Å²) in [5, 5.41) is 8.55. The normalized spacial score (nSPS) is 18.2. The number of carbonyl (C=O) groups is 2. The maximum atomic E-state index is 11.6. The van der Waals surface area contributed by atoms with E-state index in [9.17, 15) is 9.59 Å². The van der Waals surface area contributed by atoms with Gasteiger partial charge in [-0.25, -0.2) is 0 Å². The van der Waals surface area contributed by atoms with E-state index in [-0.39, 0.29) is 17.4 Å². The molecule has 1 aliphatic rings. The third-order valence-electron chi connectivity index (χ3n) is 2.20. The SMILES string of the molecule is NC(CSCC(=O)N1CCOCC1)C(=O)O. The molecule has 1 heterocycles. The zero-order valence-electron chi connectivity index (χ0n) is 8.92. The van der Waals surface area contributed by atoms with Crippen LogP contribution in [0.3, 0.4) is 0 Å². The van der Waals surface area contributed by atoms with Crippen LogP contribution >= 0.6 is 11.8 Å². The van der Waals surface area contributed by atoms with Crippen molar-refractivity contribution in [1.29, 1.82) is 0 Å². The lowest BCUT2D eigenvalue weighted by atomic mass is 10.4. The molecule has 0 bridgehead atoms. The predicted octanol–water partition coefficient (Wildman–Crippen LogP) is -1.01. The lowest BCUT2D eigenvalue weighted by Gasteiger charge is -2.26. The minimum atomic E-state index is -1.04. The zero-order valence-corrected chi connectivity index (χ0v) is 9.74. The maximum absolute atomic E-state index is 11.6. The molecule has 3 N–H and O–H groups in total.